The number of halogens is 1. The van der Waals surface area contributed by atoms with Crippen molar-refractivity contribution in [2.45, 2.75) is 24.8 Å². The second-order valence-electron chi connectivity index (χ2n) is 5.78. The molecule has 8 nitrogen and oxygen atoms in total. The predicted octanol–water partition coefficient (Wildman–Crippen LogP) is 2.88. The molecule has 10 heteroatoms. The summed E-state index contributed by atoms with van der Waals surface area (Å²) < 4.78 is 45.3. The predicted molar refractivity (Wildman–Crippen MR) is 95.3 cm³/mol. The molecule has 0 fully saturated rings. The molecule has 2 aromatic rings. The Morgan fingerprint density at radius 3 is 2.48 bits per heavy atom. The lowest BCUT2D eigenvalue weighted by molar-refractivity contribution is -0.385. The quantitative estimate of drug-likeness (QED) is 0.405. The van der Waals surface area contributed by atoms with Crippen LogP contribution in [0.4, 0.5) is 15.8 Å². The largest absolute Gasteiger partial charge is 0.462 e. The maximum absolute atomic E-state index is 13.6. The number of anilines is 1. The first-order chi connectivity index (χ1) is 12.6. The van der Waals surface area contributed by atoms with Gasteiger partial charge in [-0.15, -0.1) is 0 Å². The van der Waals surface area contributed by atoms with Crippen molar-refractivity contribution in [2.75, 3.05) is 10.8 Å². The van der Waals surface area contributed by atoms with Crippen molar-refractivity contribution in [3.63, 3.8) is 0 Å². The number of carbonyl (C=O) groups excluding carboxylic acids is 1. The Morgan fingerprint density at radius 2 is 1.89 bits per heavy atom. The highest BCUT2D eigenvalue weighted by molar-refractivity contribution is 7.92. The number of benzene rings is 2. The summed E-state index contributed by atoms with van der Waals surface area (Å²) in [5, 5.41) is 10.9. The number of ether oxygens (including phenoxy) is 1. The fourth-order valence-electron chi connectivity index (χ4n) is 2.25. The molecule has 0 radical (unpaired) electrons. The lowest BCUT2D eigenvalue weighted by atomic mass is 10.3. The van der Waals surface area contributed by atoms with Gasteiger partial charge >= 0.3 is 5.97 Å². The smallest absolute Gasteiger partial charge is 0.327 e. The van der Waals surface area contributed by atoms with Gasteiger partial charge in [-0.3, -0.25) is 19.2 Å². The Kier molecular flexibility index (Phi) is 6.11. The molecule has 0 heterocycles. The summed E-state index contributed by atoms with van der Waals surface area (Å²) in [7, 11) is -4.40. The molecule has 0 spiro atoms. The van der Waals surface area contributed by atoms with E-state index in [1.54, 1.807) is 13.8 Å². The standard InChI is InChI=1S/C17H17FN2O6S/c1-12(2)26-17(21)11-19(14-6-3-5-13(18)9-14)27(24,25)16-8-4-7-15(10-16)20(22)23/h3-10,12H,11H2,1-2H3. The van der Waals surface area contributed by atoms with Crippen LogP contribution in [-0.2, 0) is 19.6 Å². The number of carbonyl (C=O) groups is 1. The van der Waals surface area contributed by atoms with Crippen molar-refractivity contribution >= 4 is 27.4 Å². The minimum absolute atomic E-state index is 0.109. The second-order valence-corrected chi connectivity index (χ2v) is 7.65. The SMILES string of the molecule is CC(C)OC(=O)CN(c1cccc(F)c1)S(=O)(=O)c1cccc([N+](=O)[O-])c1. The number of hydrogen-bond acceptors (Lipinski definition) is 6. The van der Waals surface area contributed by atoms with Crippen molar-refractivity contribution < 1.29 is 27.3 Å². The van der Waals surface area contributed by atoms with E-state index in [0.717, 1.165) is 30.3 Å². The van der Waals surface area contributed by atoms with Crippen molar-refractivity contribution in [1.82, 2.24) is 0 Å². The summed E-state index contributed by atoms with van der Waals surface area (Å²) in [5.74, 6) is -1.55. The van der Waals surface area contributed by atoms with Crippen molar-refractivity contribution in [3.8, 4) is 0 Å². The van der Waals surface area contributed by atoms with Gasteiger partial charge in [0, 0.05) is 12.1 Å². The number of hydrogen-bond donors (Lipinski definition) is 0. The Morgan fingerprint density at radius 1 is 1.22 bits per heavy atom. The number of nitro benzene ring substituents is 1. The molecule has 2 rings (SSSR count). The summed E-state index contributed by atoms with van der Waals surface area (Å²) in [6.45, 7) is 2.48. The lowest BCUT2D eigenvalue weighted by Gasteiger charge is -2.24. The van der Waals surface area contributed by atoms with E-state index < -0.39 is 50.0 Å². The zero-order valence-electron chi connectivity index (χ0n) is 14.5. The maximum atomic E-state index is 13.6. The van der Waals surface area contributed by atoms with Crippen LogP contribution in [0, 0.1) is 15.9 Å². The molecule has 0 N–H and O–H groups in total. The van der Waals surface area contributed by atoms with Crippen LogP contribution in [0.3, 0.4) is 0 Å². The number of nitrogens with zero attached hydrogens (tertiary/aromatic N) is 2. The van der Waals surface area contributed by atoms with Crippen LogP contribution in [0.25, 0.3) is 0 Å². The van der Waals surface area contributed by atoms with E-state index in [0.29, 0.717) is 4.31 Å². The van der Waals surface area contributed by atoms with Gasteiger partial charge in [-0.25, -0.2) is 12.8 Å². The third kappa shape index (κ3) is 5.00. The van der Waals surface area contributed by atoms with E-state index in [1.165, 1.54) is 18.2 Å². The Balaban J connectivity index is 2.52. The molecule has 0 atom stereocenters. The first-order valence-electron chi connectivity index (χ1n) is 7.83. The molecule has 0 aliphatic carbocycles. The van der Waals surface area contributed by atoms with E-state index in [-0.39, 0.29) is 5.69 Å². The van der Waals surface area contributed by atoms with E-state index in [9.17, 15) is 27.7 Å². The molecule has 0 aromatic heterocycles. The van der Waals surface area contributed by atoms with Crippen LogP contribution in [-0.4, -0.2) is 32.0 Å². The minimum atomic E-state index is -4.40. The number of rotatable bonds is 7. The average Bonchev–Trinajstić information content (AvgIpc) is 2.59. The zero-order valence-corrected chi connectivity index (χ0v) is 15.3. The van der Waals surface area contributed by atoms with Gasteiger partial charge in [0.15, 0.2) is 0 Å². The van der Waals surface area contributed by atoms with E-state index in [4.69, 9.17) is 4.74 Å². The van der Waals surface area contributed by atoms with Gasteiger partial charge in [0.05, 0.1) is 21.6 Å². The van der Waals surface area contributed by atoms with E-state index >= 15 is 0 Å². The van der Waals surface area contributed by atoms with Gasteiger partial charge in [0.2, 0.25) is 0 Å². The normalized spacial score (nSPS) is 11.3. The third-order valence-electron chi connectivity index (χ3n) is 3.35. The number of non-ortho nitro benzene ring substituents is 1. The number of esters is 1. The van der Waals surface area contributed by atoms with Gasteiger partial charge in [0.1, 0.15) is 12.4 Å². The van der Waals surface area contributed by atoms with Crippen LogP contribution < -0.4 is 4.31 Å². The van der Waals surface area contributed by atoms with Crippen LogP contribution >= 0.6 is 0 Å². The Bertz CT molecular complexity index is 961. The molecular formula is C17H17FN2O6S. The Hall–Kier alpha value is -3.01. The summed E-state index contributed by atoms with van der Waals surface area (Å²) in [6.07, 6.45) is -0.479. The summed E-state index contributed by atoms with van der Waals surface area (Å²) in [5.41, 5.74) is -0.540. The highest BCUT2D eigenvalue weighted by Crippen LogP contribution is 2.26. The first-order valence-corrected chi connectivity index (χ1v) is 9.27. The maximum Gasteiger partial charge on any atom is 0.327 e. The molecule has 0 bridgehead atoms. The molecule has 0 amide bonds. The molecule has 0 unspecified atom stereocenters. The molecule has 2 aromatic carbocycles. The minimum Gasteiger partial charge on any atom is -0.462 e. The van der Waals surface area contributed by atoms with Gasteiger partial charge in [0.25, 0.3) is 15.7 Å². The van der Waals surface area contributed by atoms with Crippen molar-refractivity contribution in [3.05, 3.63) is 64.5 Å². The Labute approximate surface area is 155 Å². The van der Waals surface area contributed by atoms with E-state index in [1.807, 2.05) is 0 Å². The zero-order chi connectivity index (χ0) is 20.2. The number of sulfonamides is 1. The molecule has 27 heavy (non-hydrogen) atoms. The summed E-state index contributed by atoms with van der Waals surface area (Å²) in [4.78, 5) is 21.8. The molecule has 0 aliphatic heterocycles. The highest BCUT2D eigenvalue weighted by atomic mass is 32.2. The molecule has 0 saturated heterocycles. The van der Waals surface area contributed by atoms with Crippen molar-refractivity contribution in [2.24, 2.45) is 0 Å². The van der Waals surface area contributed by atoms with Crippen LogP contribution in [0.1, 0.15) is 13.8 Å². The molecular weight excluding hydrogens is 379 g/mol. The number of nitro groups is 1. The fourth-order valence-corrected chi connectivity index (χ4v) is 3.69. The fraction of sp³-hybridized carbons (Fsp3) is 0.235. The van der Waals surface area contributed by atoms with Gasteiger partial charge in [-0.1, -0.05) is 12.1 Å². The molecule has 0 saturated carbocycles. The average molecular weight is 396 g/mol. The van der Waals surface area contributed by atoms with Gasteiger partial charge in [-0.05, 0) is 38.1 Å². The van der Waals surface area contributed by atoms with E-state index in [2.05, 4.69) is 0 Å². The highest BCUT2D eigenvalue weighted by Gasteiger charge is 2.29. The third-order valence-corrected chi connectivity index (χ3v) is 5.12. The first kappa shape index (κ1) is 20.3. The van der Waals surface area contributed by atoms with Gasteiger partial charge < -0.3 is 4.74 Å². The van der Waals surface area contributed by atoms with Crippen LogP contribution in [0.5, 0.6) is 0 Å². The van der Waals surface area contributed by atoms with Gasteiger partial charge in [-0.2, -0.15) is 0 Å². The van der Waals surface area contributed by atoms with Crippen LogP contribution in [0.2, 0.25) is 0 Å². The second kappa shape index (κ2) is 8.12. The van der Waals surface area contributed by atoms with Crippen molar-refractivity contribution in [1.29, 1.82) is 0 Å². The van der Waals surface area contributed by atoms with Crippen LogP contribution in [0.15, 0.2) is 53.4 Å². The summed E-state index contributed by atoms with van der Waals surface area (Å²) >= 11 is 0. The lowest BCUT2D eigenvalue weighted by Crippen LogP contribution is -2.37. The monoisotopic (exact) mass is 396 g/mol. The topological polar surface area (TPSA) is 107 Å². The summed E-state index contributed by atoms with van der Waals surface area (Å²) in [6, 6.07) is 9.03. The molecule has 0 aliphatic rings. The molecule has 144 valence electrons.